The summed E-state index contributed by atoms with van der Waals surface area (Å²) in [5.41, 5.74) is 4.72. The Balaban J connectivity index is 1.64. The molecule has 2 unspecified atom stereocenters. The average Bonchev–Trinajstić information content (AvgIpc) is 3.49. The van der Waals surface area contributed by atoms with Crippen LogP contribution in [0.3, 0.4) is 0 Å². The van der Waals surface area contributed by atoms with Crippen molar-refractivity contribution in [2.45, 2.75) is 84.2 Å². The van der Waals surface area contributed by atoms with Gasteiger partial charge in [0.25, 0.3) is 0 Å². The van der Waals surface area contributed by atoms with Gasteiger partial charge in [0.1, 0.15) is 23.0 Å². The van der Waals surface area contributed by atoms with Crippen LogP contribution in [0.15, 0.2) is 80.0 Å². The number of nitrogens with zero attached hydrogens (tertiary/aromatic N) is 3. The van der Waals surface area contributed by atoms with Gasteiger partial charge >= 0.3 is 5.97 Å². The zero-order chi connectivity index (χ0) is 36.2. The van der Waals surface area contributed by atoms with Crippen LogP contribution in [0.4, 0.5) is 10.2 Å². The Morgan fingerprint density at radius 3 is 2.46 bits per heavy atom. The molecule has 0 N–H and O–H groups in total. The number of benzene rings is 2. The molecule has 50 heavy (non-hydrogen) atoms. The highest BCUT2D eigenvalue weighted by molar-refractivity contribution is 5.81. The van der Waals surface area contributed by atoms with Crippen LogP contribution < -0.4 is 9.64 Å². The quantitative estimate of drug-likeness (QED) is 0.103. The van der Waals surface area contributed by atoms with E-state index in [1.807, 2.05) is 71.1 Å². The van der Waals surface area contributed by atoms with Gasteiger partial charge < -0.3 is 23.8 Å². The Morgan fingerprint density at radius 2 is 1.80 bits per heavy atom. The second-order valence-corrected chi connectivity index (χ2v) is 14.3. The largest absolute Gasteiger partial charge is 0.490 e. The molecule has 1 saturated heterocycles. The Kier molecular flexibility index (Phi) is 11.2. The first kappa shape index (κ1) is 36.8. The zero-order valence-corrected chi connectivity index (χ0v) is 30.4. The number of hydrogen-bond donors (Lipinski definition) is 0. The smallest absolute Gasteiger partial charge is 0.339 e. The predicted octanol–water partition coefficient (Wildman–Crippen LogP) is 9.05. The van der Waals surface area contributed by atoms with Crippen molar-refractivity contribution < 1.29 is 28.1 Å². The molecule has 0 saturated carbocycles. The molecule has 4 aromatic rings. The fourth-order valence-corrected chi connectivity index (χ4v) is 6.49. The average molecular weight is 684 g/mol. The number of carbonyl (C=O) groups excluding carboxylic acids is 1. The summed E-state index contributed by atoms with van der Waals surface area (Å²) in [5.74, 6) is 0.477. The molecule has 0 amide bonds. The van der Waals surface area contributed by atoms with Crippen LogP contribution in [0, 0.1) is 12.7 Å². The topological polar surface area (TPSA) is 74.5 Å². The Bertz CT molecular complexity index is 1850. The molecule has 8 nitrogen and oxygen atoms in total. The van der Waals surface area contributed by atoms with Crippen LogP contribution in [-0.4, -0.2) is 59.5 Å². The van der Waals surface area contributed by atoms with Crippen molar-refractivity contribution in [1.82, 2.24) is 9.38 Å². The van der Waals surface area contributed by atoms with E-state index in [0.717, 1.165) is 57.8 Å². The highest BCUT2D eigenvalue weighted by atomic mass is 19.1. The molecular weight excluding hydrogens is 633 g/mol. The number of fused-ring (bicyclic) bond motifs is 1. The van der Waals surface area contributed by atoms with E-state index in [4.69, 9.17) is 23.9 Å². The van der Waals surface area contributed by atoms with Crippen molar-refractivity contribution >= 4 is 17.4 Å². The second kappa shape index (κ2) is 15.2. The highest BCUT2D eigenvalue weighted by Crippen LogP contribution is 2.40. The first-order chi connectivity index (χ1) is 23.8. The lowest BCUT2D eigenvalue weighted by Crippen LogP contribution is -2.45. The molecule has 0 radical (unpaired) electrons. The molecule has 9 heteroatoms. The molecule has 3 heterocycles. The first-order valence-corrected chi connectivity index (χ1v) is 17.2. The highest BCUT2D eigenvalue weighted by Gasteiger charge is 2.37. The molecule has 1 aliphatic rings. The van der Waals surface area contributed by atoms with Gasteiger partial charge in [-0.25, -0.2) is 14.2 Å². The summed E-state index contributed by atoms with van der Waals surface area (Å²) in [5, 5.41) is 0. The minimum absolute atomic E-state index is 0.164. The molecule has 0 aliphatic carbocycles. The molecule has 1 fully saturated rings. The van der Waals surface area contributed by atoms with Gasteiger partial charge in [-0.2, -0.15) is 0 Å². The van der Waals surface area contributed by atoms with E-state index < -0.39 is 17.7 Å². The third kappa shape index (κ3) is 8.28. The van der Waals surface area contributed by atoms with Gasteiger partial charge in [0, 0.05) is 48.5 Å². The molecule has 266 valence electrons. The fourth-order valence-electron chi connectivity index (χ4n) is 6.49. The van der Waals surface area contributed by atoms with E-state index in [0.29, 0.717) is 31.9 Å². The van der Waals surface area contributed by atoms with E-state index >= 15 is 0 Å². The summed E-state index contributed by atoms with van der Waals surface area (Å²) in [4.78, 5) is 20.8. The van der Waals surface area contributed by atoms with Crippen molar-refractivity contribution in [3.63, 3.8) is 0 Å². The number of carbonyl (C=O) groups is 1. The number of aromatic nitrogens is 2. The SMILES string of the molecule is C=CCOC1(C)CCN(c2c(C(OC(C)(C)C)C(=O)OC)c(C)cc3nc(-c4cccc(-c5ccc(F)cc5OC(C)CC=C)c4)cn23)CC1. The number of piperidine rings is 1. The number of halogens is 1. The van der Waals surface area contributed by atoms with E-state index in [1.165, 1.54) is 19.2 Å². The zero-order valence-electron chi connectivity index (χ0n) is 30.4. The summed E-state index contributed by atoms with van der Waals surface area (Å²) in [6, 6.07) is 14.6. The Morgan fingerprint density at radius 1 is 1.08 bits per heavy atom. The summed E-state index contributed by atoms with van der Waals surface area (Å²) < 4.78 is 40.5. The van der Waals surface area contributed by atoms with E-state index in [9.17, 15) is 9.18 Å². The van der Waals surface area contributed by atoms with Crippen LogP contribution in [-0.2, 0) is 19.0 Å². The van der Waals surface area contributed by atoms with Crippen molar-refractivity contribution in [2.24, 2.45) is 0 Å². The van der Waals surface area contributed by atoms with E-state index in [-0.39, 0.29) is 17.5 Å². The predicted molar refractivity (Wildman–Crippen MR) is 197 cm³/mol. The number of ether oxygens (including phenoxy) is 4. The van der Waals surface area contributed by atoms with Gasteiger partial charge in [0.05, 0.1) is 36.7 Å². The fraction of sp³-hybridized carbons (Fsp3) is 0.415. The maximum Gasteiger partial charge on any atom is 0.339 e. The Labute approximate surface area is 295 Å². The number of rotatable bonds is 13. The molecule has 2 aromatic heterocycles. The second-order valence-electron chi connectivity index (χ2n) is 14.3. The van der Waals surface area contributed by atoms with Crippen molar-refractivity contribution in [2.75, 3.05) is 31.7 Å². The van der Waals surface area contributed by atoms with Crippen LogP contribution in [0.1, 0.15) is 71.1 Å². The lowest BCUT2D eigenvalue weighted by atomic mass is 9.92. The van der Waals surface area contributed by atoms with Crippen molar-refractivity contribution in [1.29, 1.82) is 0 Å². The maximum atomic E-state index is 14.4. The van der Waals surface area contributed by atoms with Gasteiger partial charge in [-0.05, 0) is 89.8 Å². The number of aryl methyl sites for hydroxylation is 1. The number of imidazole rings is 1. The van der Waals surface area contributed by atoms with Gasteiger partial charge in [0.15, 0.2) is 6.10 Å². The van der Waals surface area contributed by atoms with Gasteiger partial charge in [-0.3, -0.25) is 4.40 Å². The molecule has 5 rings (SSSR count). The van der Waals surface area contributed by atoms with Gasteiger partial charge in [-0.15, -0.1) is 13.2 Å². The van der Waals surface area contributed by atoms with Crippen molar-refractivity contribution in [3.05, 3.63) is 97.0 Å². The number of hydrogen-bond acceptors (Lipinski definition) is 7. The van der Waals surface area contributed by atoms with Crippen LogP contribution >= 0.6 is 0 Å². The standard InChI is InChI=1S/C41H50FN3O5/c1-10-13-28(4)49-34-25-31(42)16-17-32(34)29-14-12-15-30(24-29)33-26-45-35(43-33)23-27(3)36(37(39(46)47-9)50-40(5,6)7)38(45)44-20-18-41(8,19-21-44)48-22-11-2/h10-12,14-17,23-26,28,37H,1-2,13,18-22H2,3-9H3. The number of esters is 1. The summed E-state index contributed by atoms with van der Waals surface area (Å²) in [7, 11) is 1.39. The number of methoxy groups -OCH3 is 1. The van der Waals surface area contributed by atoms with Gasteiger partial charge in [-0.1, -0.05) is 30.4 Å². The molecule has 2 atom stereocenters. The minimum atomic E-state index is -0.959. The van der Waals surface area contributed by atoms with Crippen molar-refractivity contribution in [3.8, 4) is 28.1 Å². The third-order valence-corrected chi connectivity index (χ3v) is 9.03. The molecule has 0 bridgehead atoms. The van der Waals surface area contributed by atoms with E-state index in [1.54, 1.807) is 18.2 Å². The van der Waals surface area contributed by atoms with Gasteiger partial charge in [0.2, 0.25) is 0 Å². The minimum Gasteiger partial charge on any atom is -0.490 e. The molecule has 0 spiro atoms. The molecular formula is C41H50FN3O5. The van der Waals surface area contributed by atoms with Crippen LogP contribution in [0.25, 0.3) is 28.0 Å². The molecule has 1 aliphatic heterocycles. The first-order valence-electron chi connectivity index (χ1n) is 17.2. The number of anilines is 1. The number of pyridine rings is 1. The summed E-state index contributed by atoms with van der Waals surface area (Å²) in [6.07, 6.45) is 6.66. The summed E-state index contributed by atoms with van der Waals surface area (Å²) >= 11 is 0. The Hall–Kier alpha value is -4.47. The van der Waals surface area contributed by atoms with E-state index in [2.05, 4.69) is 29.4 Å². The monoisotopic (exact) mass is 683 g/mol. The van der Waals surface area contributed by atoms with Crippen LogP contribution in [0.5, 0.6) is 5.75 Å². The third-order valence-electron chi connectivity index (χ3n) is 9.03. The lowest BCUT2D eigenvalue weighted by molar-refractivity contribution is -0.164. The van der Waals surface area contributed by atoms with Crippen LogP contribution in [0.2, 0.25) is 0 Å². The molecule has 2 aromatic carbocycles. The normalized spacial score (nSPS) is 15.8. The summed E-state index contributed by atoms with van der Waals surface area (Å²) in [6.45, 7) is 21.4. The maximum absolute atomic E-state index is 14.4. The lowest BCUT2D eigenvalue weighted by Gasteiger charge is -2.41.